The average molecular weight is 259 g/mol. The molecule has 1 heterocycles. The molecule has 1 saturated heterocycles. The van der Waals surface area contributed by atoms with E-state index in [0.717, 1.165) is 19.4 Å². The van der Waals surface area contributed by atoms with Crippen molar-refractivity contribution < 1.29 is 4.79 Å². The van der Waals surface area contributed by atoms with Gasteiger partial charge in [0.25, 0.3) is 0 Å². The van der Waals surface area contributed by atoms with Crippen molar-refractivity contribution in [2.24, 2.45) is 4.99 Å². The molecular formula is C15H21N3O. The standard InChI is InChI=1S/C15H21N3O/c1-3-9-16-15-17-13(14(19)18-15)10-11(2)12-7-5-4-6-8-12/h4-8,11,13H,3,9-10H2,1-2H3,(H2,16,17,18,19). The van der Waals surface area contributed by atoms with Crippen molar-refractivity contribution in [1.29, 1.82) is 0 Å². The van der Waals surface area contributed by atoms with Crippen molar-refractivity contribution in [3.8, 4) is 0 Å². The summed E-state index contributed by atoms with van der Waals surface area (Å²) in [5.74, 6) is 0.990. The van der Waals surface area contributed by atoms with Crippen LogP contribution in [0.4, 0.5) is 0 Å². The highest BCUT2D eigenvalue weighted by atomic mass is 16.2. The number of hydrogen-bond donors (Lipinski definition) is 2. The Hall–Kier alpha value is -1.84. The van der Waals surface area contributed by atoms with E-state index in [-0.39, 0.29) is 11.9 Å². The second-order valence-electron chi connectivity index (χ2n) is 4.96. The molecule has 1 aliphatic heterocycles. The Labute approximate surface area is 114 Å². The van der Waals surface area contributed by atoms with Gasteiger partial charge < -0.3 is 5.32 Å². The van der Waals surface area contributed by atoms with Gasteiger partial charge in [-0.05, 0) is 24.3 Å². The van der Waals surface area contributed by atoms with Gasteiger partial charge in [-0.2, -0.15) is 0 Å². The molecule has 4 nitrogen and oxygen atoms in total. The molecule has 1 fully saturated rings. The lowest BCUT2D eigenvalue weighted by atomic mass is 9.94. The quantitative estimate of drug-likeness (QED) is 0.850. The lowest BCUT2D eigenvalue weighted by Gasteiger charge is -2.15. The second kappa shape index (κ2) is 6.36. The minimum absolute atomic E-state index is 0.0256. The monoisotopic (exact) mass is 259 g/mol. The van der Waals surface area contributed by atoms with Gasteiger partial charge in [-0.1, -0.05) is 44.2 Å². The number of aliphatic imine (C=N–C) groups is 1. The first-order valence-electron chi connectivity index (χ1n) is 6.87. The minimum Gasteiger partial charge on any atom is -0.344 e. The van der Waals surface area contributed by atoms with Crippen molar-refractivity contribution in [3.05, 3.63) is 35.9 Å². The highest BCUT2D eigenvalue weighted by Gasteiger charge is 2.29. The Balaban J connectivity index is 1.95. The van der Waals surface area contributed by atoms with E-state index in [1.54, 1.807) is 0 Å². The van der Waals surface area contributed by atoms with Crippen LogP contribution in [-0.4, -0.2) is 24.5 Å². The van der Waals surface area contributed by atoms with Crippen LogP contribution in [0.2, 0.25) is 0 Å². The Morgan fingerprint density at radius 2 is 2.05 bits per heavy atom. The summed E-state index contributed by atoms with van der Waals surface area (Å²) >= 11 is 0. The predicted octanol–water partition coefficient (Wildman–Crippen LogP) is 2.03. The second-order valence-corrected chi connectivity index (χ2v) is 4.96. The van der Waals surface area contributed by atoms with Crippen LogP contribution in [0.25, 0.3) is 0 Å². The van der Waals surface area contributed by atoms with Crippen LogP contribution in [0.3, 0.4) is 0 Å². The molecule has 2 N–H and O–H groups in total. The molecule has 2 rings (SSSR count). The van der Waals surface area contributed by atoms with Crippen molar-refractivity contribution in [1.82, 2.24) is 10.6 Å². The first-order valence-corrected chi connectivity index (χ1v) is 6.87. The fourth-order valence-electron chi connectivity index (χ4n) is 2.22. The van der Waals surface area contributed by atoms with E-state index in [1.165, 1.54) is 5.56 Å². The molecule has 1 amide bonds. The number of nitrogens with zero attached hydrogens (tertiary/aromatic N) is 1. The number of rotatable bonds is 5. The maximum atomic E-state index is 11.9. The van der Waals surface area contributed by atoms with Crippen LogP contribution in [0.15, 0.2) is 35.3 Å². The molecule has 0 saturated carbocycles. The van der Waals surface area contributed by atoms with Gasteiger partial charge in [0.1, 0.15) is 6.04 Å². The summed E-state index contributed by atoms with van der Waals surface area (Å²) in [6.45, 7) is 4.95. The van der Waals surface area contributed by atoms with Gasteiger partial charge in [0, 0.05) is 6.54 Å². The molecule has 0 radical (unpaired) electrons. The summed E-state index contributed by atoms with van der Waals surface area (Å²) in [6.07, 6.45) is 1.76. The summed E-state index contributed by atoms with van der Waals surface area (Å²) < 4.78 is 0. The molecule has 2 atom stereocenters. The van der Waals surface area contributed by atoms with Crippen LogP contribution < -0.4 is 10.6 Å². The van der Waals surface area contributed by atoms with Crippen LogP contribution in [0.1, 0.15) is 38.2 Å². The molecule has 0 bridgehead atoms. The van der Waals surface area contributed by atoms with Gasteiger partial charge in [0.2, 0.25) is 5.91 Å². The highest BCUT2D eigenvalue weighted by molar-refractivity contribution is 6.06. The first kappa shape index (κ1) is 13.6. The minimum atomic E-state index is -0.175. The van der Waals surface area contributed by atoms with Gasteiger partial charge in [-0.15, -0.1) is 0 Å². The Morgan fingerprint density at radius 3 is 2.74 bits per heavy atom. The van der Waals surface area contributed by atoms with E-state index < -0.39 is 0 Å². The third-order valence-electron chi connectivity index (χ3n) is 3.32. The third kappa shape index (κ3) is 3.56. The van der Waals surface area contributed by atoms with Crippen LogP contribution in [0, 0.1) is 0 Å². The zero-order valence-corrected chi connectivity index (χ0v) is 11.5. The van der Waals surface area contributed by atoms with Crippen molar-refractivity contribution in [2.45, 2.75) is 38.6 Å². The SMILES string of the molecule is CCCN=C1NC(=O)C(CC(C)c2ccccc2)N1. The topological polar surface area (TPSA) is 53.5 Å². The fourth-order valence-corrected chi connectivity index (χ4v) is 2.22. The van der Waals surface area contributed by atoms with Crippen molar-refractivity contribution in [2.75, 3.05) is 6.54 Å². The van der Waals surface area contributed by atoms with Crippen molar-refractivity contribution in [3.63, 3.8) is 0 Å². The van der Waals surface area contributed by atoms with E-state index in [4.69, 9.17) is 0 Å². The normalized spacial score (nSPS) is 22.1. The van der Waals surface area contributed by atoms with Crippen LogP contribution in [-0.2, 0) is 4.79 Å². The summed E-state index contributed by atoms with van der Waals surface area (Å²) in [7, 11) is 0. The molecular weight excluding hydrogens is 238 g/mol. The first-order chi connectivity index (χ1) is 9.20. The van der Waals surface area contributed by atoms with Gasteiger partial charge >= 0.3 is 0 Å². The number of hydrogen-bond acceptors (Lipinski definition) is 2. The smallest absolute Gasteiger partial charge is 0.249 e. The number of carbonyl (C=O) groups excluding carboxylic acids is 1. The number of nitrogens with one attached hydrogen (secondary N) is 2. The van der Waals surface area contributed by atoms with Crippen LogP contribution >= 0.6 is 0 Å². The zero-order valence-electron chi connectivity index (χ0n) is 11.5. The van der Waals surface area contributed by atoms with Gasteiger partial charge in [-0.3, -0.25) is 15.1 Å². The Bertz CT molecular complexity index is 456. The highest BCUT2D eigenvalue weighted by Crippen LogP contribution is 2.21. The molecule has 1 aromatic rings. The number of carbonyl (C=O) groups is 1. The molecule has 1 aromatic carbocycles. The van der Waals surface area contributed by atoms with Gasteiger partial charge in [0.15, 0.2) is 5.96 Å². The number of benzene rings is 1. The lowest BCUT2D eigenvalue weighted by Crippen LogP contribution is -2.30. The van der Waals surface area contributed by atoms with E-state index in [2.05, 4.69) is 41.6 Å². The summed E-state index contributed by atoms with van der Waals surface area (Å²) in [5.41, 5.74) is 1.26. The Kier molecular flexibility index (Phi) is 4.55. The molecule has 0 spiro atoms. The number of guanidine groups is 1. The van der Waals surface area contributed by atoms with E-state index in [1.807, 2.05) is 18.2 Å². The maximum absolute atomic E-state index is 11.9. The van der Waals surface area contributed by atoms with E-state index >= 15 is 0 Å². The molecule has 4 heteroatoms. The van der Waals surface area contributed by atoms with E-state index in [0.29, 0.717) is 11.9 Å². The fraction of sp³-hybridized carbons (Fsp3) is 0.467. The summed E-state index contributed by atoms with van der Waals surface area (Å²) in [6, 6.07) is 10.1. The van der Waals surface area contributed by atoms with Gasteiger partial charge in [0.05, 0.1) is 0 Å². The Morgan fingerprint density at radius 1 is 1.32 bits per heavy atom. The van der Waals surface area contributed by atoms with E-state index in [9.17, 15) is 4.79 Å². The third-order valence-corrected chi connectivity index (χ3v) is 3.32. The lowest BCUT2D eigenvalue weighted by molar-refractivity contribution is -0.120. The number of amides is 1. The molecule has 0 aliphatic carbocycles. The summed E-state index contributed by atoms with van der Waals surface area (Å²) in [5, 5.41) is 5.96. The zero-order chi connectivity index (χ0) is 13.7. The van der Waals surface area contributed by atoms with Gasteiger partial charge in [-0.25, -0.2) is 0 Å². The predicted molar refractivity (Wildman–Crippen MR) is 77.1 cm³/mol. The van der Waals surface area contributed by atoms with Crippen LogP contribution in [0.5, 0.6) is 0 Å². The molecule has 102 valence electrons. The van der Waals surface area contributed by atoms with Crippen molar-refractivity contribution >= 4 is 11.9 Å². The largest absolute Gasteiger partial charge is 0.344 e. The molecule has 1 aliphatic rings. The molecule has 2 unspecified atom stereocenters. The molecule has 0 aromatic heterocycles. The average Bonchev–Trinajstić information content (AvgIpc) is 2.78. The maximum Gasteiger partial charge on any atom is 0.249 e. The summed E-state index contributed by atoms with van der Waals surface area (Å²) in [4.78, 5) is 16.2. The molecule has 19 heavy (non-hydrogen) atoms.